The summed E-state index contributed by atoms with van der Waals surface area (Å²) < 4.78 is 0. The van der Waals surface area contributed by atoms with Crippen LogP contribution >= 0.6 is 11.3 Å². The molecule has 0 fully saturated rings. The fraction of sp³-hybridized carbons (Fsp3) is 0.500. The molecule has 0 saturated carbocycles. The van der Waals surface area contributed by atoms with Gasteiger partial charge in [0, 0.05) is 4.88 Å². The van der Waals surface area contributed by atoms with Gasteiger partial charge in [0.2, 0.25) is 0 Å². The summed E-state index contributed by atoms with van der Waals surface area (Å²) in [7, 11) is 0. The Bertz CT molecular complexity index is 493. The smallest absolute Gasteiger partial charge is 0.138 e. The molecule has 0 radical (unpaired) electrons. The van der Waals surface area contributed by atoms with Gasteiger partial charge in [0.25, 0.3) is 0 Å². The molecule has 0 amide bonds. The summed E-state index contributed by atoms with van der Waals surface area (Å²) >= 11 is 1.70. The number of hydrogen-bond acceptors (Lipinski definition) is 5. The van der Waals surface area contributed by atoms with E-state index in [0.29, 0.717) is 0 Å². The van der Waals surface area contributed by atoms with Crippen LogP contribution in [0, 0.1) is 0 Å². The highest BCUT2D eigenvalue weighted by Crippen LogP contribution is 2.28. The van der Waals surface area contributed by atoms with Crippen LogP contribution < -0.4 is 5.32 Å². The molecule has 0 aliphatic heterocycles. The number of aliphatic hydroxyl groups excluding tert-OH is 1. The number of anilines is 1. The van der Waals surface area contributed by atoms with Crippen LogP contribution in [0.1, 0.15) is 25.1 Å². The van der Waals surface area contributed by atoms with Gasteiger partial charge in [0.15, 0.2) is 0 Å². The molecule has 4 nitrogen and oxygen atoms in total. The SMILES string of the molecule is CCc1cc2c(NC(CC)CO)ncnc2s1. The van der Waals surface area contributed by atoms with E-state index in [1.54, 1.807) is 17.7 Å². The van der Waals surface area contributed by atoms with Crippen LogP contribution in [0.15, 0.2) is 12.4 Å². The summed E-state index contributed by atoms with van der Waals surface area (Å²) in [6.45, 7) is 4.29. The molecule has 2 aromatic heterocycles. The van der Waals surface area contributed by atoms with E-state index < -0.39 is 0 Å². The molecule has 0 aliphatic carbocycles. The zero-order valence-electron chi connectivity index (χ0n) is 10.1. The third-order valence-corrected chi connectivity index (χ3v) is 3.97. The number of aryl methyl sites for hydroxylation is 1. The number of nitrogens with one attached hydrogen (secondary N) is 1. The van der Waals surface area contributed by atoms with Crippen molar-refractivity contribution in [1.82, 2.24) is 9.97 Å². The third-order valence-electron chi connectivity index (χ3n) is 2.78. The quantitative estimate of drug-likeness (QED) is 0.857. The average Bonchev–Trinajstić information content (AvgIpc) is 2.79. The molecule has 5 heteroatoms. The van der Waals surface area contributed by atoms with Crippen molar-refractivity contribution < 1.29 is 5.11 Å². The van der Waals surface area contributed by atoms with E-state index in [4.69, 9.17) is 0 Å². The lowest BCUT2D eigenvalue weighted by Gasteiger charge is -2.14. The fourth-order valence-electron chi connectivity index (χ4n) is 1.66. The van der Waals surface area contributed by atoms with Crippen molar-refractivity contribution in [3.63, 3.8) is 0 Å². The van der Waals surface area contributed by atoms with E-state index in [2.05, 4.69) is 28.3 Å². The van der Waals surface area contributed by atoms with E-state index in [1.165, 1.54) is 4.88 Å². The van der Waals surface area contributed by atoms with Crippen LogP contribution in [0.3, 0.4) is 0 Å². The highest BCUT2D eigenvalue weighted by atomic mass is 32.1. The second-order valence-corrected chi connectivity index (χ2v) is 5.05. The number of rotatable bonds is 5. The highest BCUT2D eigenvalue weighted by Gasteiger charge is 2.11. The lowest BCUT2D eigenvalue weighted by atomic mass is 10.2. The molecule has 2 N–H and O–H groups in total. The number of fused-ring (bicyclic) bond motifs is 1. The zero-order valence-corrected chi connectivity index (χ0v) is 10.9. The predicted molar refractivity (Wildman–Crippen MR) is 71.6 cm³/mol. The summed E-state index contributed by atoms with van der Waals surface area (Å²) in [5.41, 5.74) is 0. The zero-order chi connectivity index (χ0) is 12.3. The minimum absolute atomic E-state index is 0.0538. The van der Waals surface area contributed by atoms with E-state index in [-0.39, 0.29) is 12.6 Å². The number of aliphatic hydroxyl groups is 1. The summed E-state index contributed by atoms with van der Waals surface area (Å²) in [6, 6.07) is 2.19. The first kappa shape index (κ1) is 12.3. The third kappa shape index (κ3) is 2.56. The van der Waals surface area contributed by atoms with Crippen molar-refractivity contribution in [2.45, 2.75) is 32.7 Å². The van der Waals surface area contributed by atoms with Gasteiger partial charge in [-0.15, -0.1) is 11.3 Å². The minimum atomic E-state index is 0.0538. The largest absolute Gasteiger partial charge is 0.394 e. The summed E-state index contributed by atoms with van der Waals surface area (Å²) in [6.07, 6.45) is 3.45. The molecule has 92 valence electrons. The van der Waals surface area contributed by atoms with E-state index in [1.807, 2.05) is 6.92 Å². The maximum atomic E-state index is 9.21. The Balaban J connectivity index is 2.36. The molecule has 2 rings (SSSR count). The van der Waals surface area contributed by atoms with Crippen molar-refractivity contribution >= 4 is 27.4 Å². The van der Waals surface area contributed by atoms with Gasteiger partial charge in [0.05, 0.1) is 18.0 Å². The summed E-state index contributed by atoms with van der Waals surface area (Å²) in [5.74, 6) is 0.826. The topological polar surface area (TPSA) is 58.0 Å². The van der Waals surface area contributed by atoms with Crippen molar-refractivity contribution in [3.05, 3.63) is 17.3 Å². The van der Waals surface area contributed by atoms with E-state index in [9.17, 15) is 5.11 Å². The van der Waals surface area contributed by atoms with E-state index >= 15 is 0 Å². The normalized spacial score (nSPS) is 12.9. The van der Waals surface area contributed by atoms with E-state index in [0.717, 1.165) is 28.9 Å². The Kier molecular flexibility index (Phi) is 3.91. The Hall–Kier alpha value is -1.20. The van der Waals surface area contributed by atoms with Crippen LogP contribution in [0.4, 0.5) is 5.82 Å². The van der Waals surface area contributed by atoms with Gasteiger partial charge in [-0.25, -0.2) is 9.97 Å². The van der Waals surface area contributed by atoms with Gasteiger partial charge >= 0.3 is 0 Å². The first-order valence-corrected chi connectivity index (χ1v) is 6.70. The molecule has 0 spiro atoms. The number of hydrogen-bond donors (Lipinski definition) is 2. The Morgan fingerprint density at radius 3 is 2.88 bits per heavy atom. The van der Waals surface area contributed by atoms with Crippen molar-refractivity contribution in [1.29, 1.82) is 0 Å². The van der Waals surface area contributed by atoms with Crippen molar-refractivity contribution in [2.24, 2.45) is 0 Å². The maximum Gasteiger partial charge on any atom is 0.138 e. The molecule has 0 bridgehead atoms. The average molecular weight is 251 g/mol. The monoisotopic (exact) mass is 251 g/mol. The minimum Gasteiger partial charge on any atom is -0.394 e. The molecule has 1 unspecified atom stereocenters. The lowest BCUT2D eigenvalue weighted by molar-refractivity contribution is 0.271. The first-order chi connectivity index (χ1) is 8.28. The molecule has 17 heavy (non-hydrogen) atoms. The van der Waals surface area contributed by atoms with Gasteiger partial charge in [-0.1, -0.05) is 13.8 Å². The molecular formula is C12H17N3OS. The Labute approximate surface area is 105 Å². The maximum absolute atomic E-state index is 9.21. The highest BCUT2D eigenvalue weighted by molar-refractivity contribution is 7.18. The van der Waals surface area contributed by atoms with Gasteiger partial charge in [-0.2, -0.15) is 0 Å². The Morgan fingerprint density at radius 2 is 2.24 bits per heavy atom. The number of thiophene rings is 1. The second kappa shape index (κ2) is 5.42. The molecule has 2 heterocycles. The van der Waals surface area contributed by atoms with Crippen LogP contribution in [0.25, 0.3) is 10.2 Å². The lowest BCUT2D eigenvalue weighted by Crippen LogP contribution is -2.23. The van der Waals surface area contributed by atoms with Crippen molar-refractivity contribution in [3.8, 4) is 0 Å². The predicted octanol–water partition coefficient (Wildman–Crippen LogP) is 2.44. The number of nitrogens with zero attached hydrogens (tertiary/aromatic N) is 2. The second-order valence-electron chi connectivity index (χ2n) is 3.94. The van der Waals surface area contributed by atoms with Crippen LogP contribution in [-0.2, 0) is 6.42 Å². The van der Waals surface area contributed by atoms with Crippen LogP contribution in [0.2, 0.25) is 0 Å². The molecule has 2 aromatic rings. The fourth-order valence-corrected chi connectivity index (χ4v) is 2.60. The summed E-state index contributed by atoms with van der Waals surface area (Å²) in [5, 5.41) is 13.5. The Morgan fingerprint density at radius 1 is 1.41 bits per heavy atom. The molecule has 0 saturated heterocycles. The van der Waals surface area contributed by atoms with Crippen LogP contribution in [0.5, 0.6) is 0 Å². The molecule has 0 aliphatic rings. The first-order valence-electron chi connectivity index (χ1n) is 5.89. The van der Waals surface area contributed by atoms with Gasteiger partial charge < -0.3 is 10.4 Å². The molecule has 1 atom stereocenters. The van der Waals surface area contributed by atoms with Crippen LogP contribution in [-0.4, -0.2) is 27.7 Å². The van der Waals surface area contributed by atoms with Gasteiger partial charge in [-0.05, 0) is 18.9 Å². The molecular weight excluding hydrogens is 234 g/mol. The standard InChI is InChI=1S/C12H17N3OS/c1-3-8(6-16)15-11-10-5-9(4-2)17-12(10)14-7-13-11/h5,7-8,16H,3-4,6H2,1-2H3,(H,13,14,15). The van der Waals surface area contributed by atoms with Gasteiger partial charge in [-0.3, -0.25) is 0 Å². The number of aromatic nitrogens is 2. The van der Waals surface area contributed by atoms with Gasteiger partial charge in [0.1, 0.15) is 17.0 Å². The van der Waals surface area contributed by atoms with Crippen molar-refractivity contribution in [2.75, 3.05) is 11.9 Å². The summed E-state index contributed by atoms with van der Waals surface area (Å²) in [4.78, 5) is 10.9. The molecule has 0 aromatic carbocycles.